The topological polar surface area (TPSA) is 37.3 Å². The summed E-state index contributed by atoms with van der Waals surface area (Å²) in [5.41, 5.74) is -6.54. The molecule has 2 nitrogen and oxygen atoms in total. The van der Waals surface area contributed by atoms with Gasteiger partial charge in [-0.05, 0) is 17.7 Å². The van der Waals surface area contributed by atoms with Crippen LogP contribution in [-0.2, 0) is 5.60 Å². The lowest BCUT2D eigenvalue weighted by atomic mass is 9.82. The van der Waals surface area contributed by atoms with Crippen molar-refractivity contribution in [1.29, 1.82) is 0 Å². The molecule has 0 amide bonds. The first kappa shape index (κ1) is 18.4. The smallest absolute Gasteiger partial charge is 0.371 e. The van der Waals surface area contributed by atoms with Gasteiger partial charge < -0.3 is 5.11 Å². The van der Waals surface area contributed by atoms with Crippen molar-refractivity contribution in [2.24, 2.45) is 0 Å². The van der Waals surface area contributed by atoms with Gasteiger partial charge in [0.15, 0.2) is 0 Å². The summed E-state index contributed by atoms with van der Waals surface area (Å²) in [7, 11) is 0. The van der Waals surface area contributed by atoms with Crippen LogP contribution in [0.4, 0.5) is 22.0 Å². The van der Waals surface area contributed by atoms with Crippen LogP contribution >= 0.6 is 11.6 Å². The monoisotopic (exact) mass is 364 g/mol. The van der Waals surface area contributed by atoms with Crippen molar-refractivity contribution < 1.29 is 31.9 Å². The van der Waals surface area contributed by atoms with Crippen molar-refractivity contribution in [3.05, 3.63) is 70.7 Å². The average molecular weight is 365 g/mol. The highest BCUT2D eigenvalue weighted by atomic mass is 35.5. The number of hydrogen-bond donors (Lipinski definition) is 1. The Hall–Kier alpha value is -1.99. The minimum atomic E-state index is -5.81. The molecule has 1 atom stereocenters. The summed E-state index contributed by atoms with van der Waals surface area (Å²) in [6.45, 7) is 0. The van der Waals surface area contributed by atoms with Crippen LogP contribution in [0.25, 0.3) is 0 Å². The molecule has 0 bridgehead atoms. The van der Waals surface area contributed by atoms with Crippen LogP contribution in [-0.4, -0.2) is 23.0 Å². The van der Waals surface area contributed by atoms with E-state index in [1.165, 1.54) is 18.2 Å². The van der Waals surface area contributed by atoms with Crippen LogP contribution in [0.3, 0.4) is 0 Å². The van der Waals surface area contributed by atoms with Gasteiger partial charge in [-0.1, -0.05) is 54.1 Å². The third kappa shape index (κ3) is 2.89. The van der Waals surface area contributed by atoms with Crippen molar-refractivity contribution >= 4 is 17.4 Å². The van der Waals surface area contributed by atoms with E-state index in [2.05, 4.69) is 0 Å². The van der Waals surface area contributed by atoms with Crippen molar-refractivity contribution in [3.63, 3.8) is 0 Å². The highest BCUT2D eigenvalue weighted by Crippen LogP contribution is 2.50. The Balaban J connectivity index is 2.63. The molecule has 0 aromatic heterocycles. The molecule has 1 N–H and O–H groups in total. The second-order valence-electron chi connectivity index (χ2n) is 4.98. The van der Waals surface area contributed by atoms with E-state index in [1.807, 2.05) is 0 Å². The molecule has 0 aliphatic rings. The minimum absolute atomic E-state index is 0.0130. The number of carbonyl (C=O) groups is 1. The van der Waals surface area contributed by atoms with Crippen LogP contribution in [0, 0.1) is 0 Å². The van der Waals surface area contributed by atoms with Gasteiger partial charge >= 0.3 is 12.1 Å². The summed E-state index contributed by atoms with van der Waals surface area (Å²) in [5, 5.41) is 9.92. The van der Waals surface area contributed by atoms with E-state index < -0.39 is 34.6 Å². The number of alkyl halides is 5. The lowest BCUT2D eigenvalue weighted by Crippen LogP contribution is -2.59. The molecular formula is C16H10ClF5O2. The van der Waals surface area contributed by atoms with E-state index >= 15 is 0 Å². The largest absolute Gasteiger partial charge is 0.428 e. The van der Waals surface area contributed by atoms with Crippen LogP contribution < -0.4 is 0 Å². The number of hydrogen-bond acceptors (Lipinski definition) is 2. The number of ketones is 1. The number of benzene rings is 2. The SMILES string of the molecule is O=C(c1ccccc1)C(F)(F)C(O)(c1ccc(Cl)cc1)C(F)(F)F. The normalized spacial score (nSPS) is 15.0. The lowest BCUT2D eigenvalue weighted by Gasteiger charge is -2.36. The Kier molecular flexibility index (Phi) is 4.70. The Morgan fingerprint density at radius 2 is 1.38 bits per heavy atom. The first-order valence-corrected chi connectivity index (χ1v) is 6.92. The maximum atomic E-state index is 14.5. The molecule has 0 saturated carbocycles. The Labute approximate surface area is 138 Å². The number of carbonyl (C=O) groups excluding carboxylic acids is 1. The van der Waals surface area contributed by atoms with Gasteiger partial charge in [-0.2, -0.15) is 22.0 Å². The van der Waals surface area contributed by atoms with Gasteiger partial charge in [0, 0.05) is 10.6 Å². The molecule has 8 heteroatoms. The third-order valence-electron chi connectivity index (χ3n) is 3.45. The van der Waals surface area contributed by atoms with Crippen LogP contribution in [0.1, 0.15) is 15.9 Å². The Morgan fingerprint density at radius 3 is 1.83 bits per heavy atom. The van der Waals surface area contributed by atoms with E-state index in [0.717, 1.165) is 24.3 Å². The van der Waals surface area contributed by atoms with Gasteiger partial charge in [-0.15, -0.1) is 0 Å². The van der Waals surface area contributed by atoms with Gasteiger partial charge in [0.25, 0.3) is 5.60 Å². The molecule has 0 saturated heterocycles. The predicted octanol–water partition coefficient (Wildman–Crippen LogP) is 4.61. The highest BCUT2D eigenvalue weighted by Gasteiger charge is 2.73. The van der Waals surface area contributed by atoms with Gasteiger partial charge in [-0.3, -0.25) is 4.79 Å². The molecular weight excluding hydrogens is 355 g/mol. The quantitative estimate of drug-likeness (QED) is 0.635. The molecule has 0 aliphatic carbocycles. The maximum absolute atomic E-state index is 14.5. The third-order valence-corrected chi connectivity index (χ3v) is 3.70. The van der Waals surface area contributed by atoms with Crippen LogP contribution in [0.2, 0.25) is 5.02 Å². The van der Waals surface area contributed by atoms with Crippen molar-refractivity contribution in [2.75, 3.05) is 0 Å². The van der Waals surface area contributed by atoms with E-state index in [9.17, 15) is 31.9 Å². The molecule has 2 aromatic carbocycles. The fourth-order valence-electron chi connectivity index (χ4n) is 2.15. The minimum Gasteiger partial charge on any atom is -0.371 e. The van der Waals surface area contributed by atoms with E-state index in [4.69, 9.17) is 11.6 Å². The maximum Gasteiger partial charge on any atom is 0.428 e. The van der Waals surface area contributed by atoms with Gasteiger partial charge in [0.2, 0.25) is 5.78 Å². The Bertz CT molecular complexity index is 728. The zero-order valence-electron chi connectivity index (χ0n) is 11.8. The van der Waals surface area contributed by atoms with E-state index in [0.29, 0.717) is 12.1 Å². The summed E-state index contributed by atoms with van der Waals surface area (Å²) < 4.78 is 69.0. The van der Waals surface area contributed by atoms with E-state index in [-0.39, 0.29) is 5.02 Å². The summed E-state index contributed by atoms with van der Waals surface area (Å²) in [6, 6.07) is 8.75. The zero-order chi connectivity index (χ0) is 18.2. The van der Waals surface area contributed by atoms with Crippen LogP contribution in [0.15, 0.2) is 54.6 Å². The number of halogens is 6. The molecule has 0 spiro atoms. The average Bonchev–Trinajstić information content (AvgIpc) is 2.53. The highest BCUT2D eigenvalue weighted by molar-refractivity contribution is 6.30. The molecule has 128 valence electrons. The summed E-state index contributed by atoms with van der Waals surface area (Å²) in [5.74, 6) is -7.29. The molecule has 2 aromatic rings. The van der Waals surface area contributed by atoms with E-state index in [1.54, 1.807) is 0 Å². The summed E-state index contributed by atoms with van der Waals surface area (Å²) in [4.78, 5) is 12.0. The van der Waals surface area contributed by atoms with Crippen molar-refractivity contribution in [2.45, 2.75) is 17.7 Å². The molecule has 2 rings (SSSR count). The van der Waals surface area contributed by atoms with Crippen molar-refractivity contribution in [3.8, 4) is 0 Å². The predicted molar refractivity (Wildman–Crippen MR) is 77.1 cm³/mol. The number of Topliss-reactive ketones (excluding diaryl/α,β-unsaturated/α-hetero) is 1. The molecule has 0 radical (unpaired) electrons. The van der Waals surface area contributed by atoms with Gasteiger partial charge in [-0.25, -0.2) is 0 Å². The molecule has 0 aliphatic heterocycles. The number of aliphatic hydroxyl groups is 1. The van der Waals surface area contributed by atoms with Gasteiger partial charge in [0.1, 0.15) is 0 Å². The first-order chi connectivity index (χ1) is 11.0. The fraction of sp³-hybridized carbons (Fsp3) is 0.188. The lowest BCUT2D eigenvalue weighted by molar-refractivity contribution is -0.324. The van der Waals surface area contributed by atoms with Gasteiger partial charge in [0.05, 0.1) is 0 Å². The Morgan fingerprint density at radius 1 is 0.875 bits per heavy atom. The zero-order valence-corrected chi connectivity index (χ0v) is 12.6. The first-order valence-electron chi connectivity index (χ1n) is 6.54. The van der Waals surface area contributed by atoms with Crippen molar-refractivity contribution in [1.82, 2.24) is 0 Å². The summed E-state index contributed by atoms with van der Waals surface area (Å²) >= 11 is 5.53. The second-order valence-corrected chi connectivity index (χ2v) is 5.42. The second kappa shape index (κ2) is 6.14. The standard InChI is InChI=1S/C16H10ClF5O2/c17-12-8-6-11(7-9-12)14(24,16(20,21)22)15(18,19)13(23)10-4-2-1-3-5-10/h1-9,24H. The molecule has 1 unspecified atom stereocenters. The molecule has 0 fully saturated rings. The summed E-state index contributed by atoms with van der Waals surface area (Å²) in [6.07, 6.45) is -5.81. The fourth-order valence-corrected chi connectivity index (χ4v) is 2.28. The number of rotatable bonds is 4. The molecule has 0 heterocycles. The molecule has 24 heavy (non-hydrogen) atoms. The van der Waals surface area contributed by atoms with Crippen LogP contribution in [0.5, 0.6) is 0 Å².